The third kappa shape index (κ3) is 5.94. The van der Waals surface area contributed by atoms with E-state index in [1.807, 2.05) is 0 Å². The van der Waals surface area contributed by atoms with Crippen LogP contribution in [0.5, 0.6) is 0 Å². The van der Waals surface area contributed by atoms with Gasteiger partial charge >= 0.3 is 0 Å². The van der Waals surface area contributed by atoms with E-state index in [4.69, 9.17) is 4.74 Å². The standard InChI is InChI=1S/C16H25FN4O3S/c1-13-11-14(3-4-15(13)17)12-20-16(18-2)19-5-10-25(22,23)21-6-8-24-9-7-21/h3-4,11H,5-10,12H2,1-2H3,(H2,18,19,20). The van der Waals surface area contributed by atoms with Gasteiger partial charge in [0.1, 0.15) is 5.82 Å². The summed E-state index contributed by atoms with van der Waals surface area (Å²) in [6.07, 6.45) is 0. The monoisotopic (exact) mass is 372 g/mol. The summed E-state index contributed by atoms with van der Waals surface area (Å²) in [6.45, 7) is 4.11. The Bertz CT molecular complexity index is 703. The summed E-state index contributed by atoms with van der Waals surface area (Å²) in [4.78, 5) is 4.07. The molecule has 1 saturated heterocycles. The van der Waals surface area contributed by atoms with Crippen molar-refractivity contribution in [3.8, 4) is 0 Å². The van der Waals surface area contributed by atoms with E-state index in [1.54, 1.807) is 26.1 Å². The molecule has 0 radical (unpaired) electrons. The lowest BCUT2D eigenvalue weighted by Crippen LogP contribution is -2.45. The smallest absolute Gasteiger partial charge is 0.215 e. The first-order valence-electron chi connectivity index (χ1n) is 8.17. The number of nitrogens with zero attached hydrogens (tertiary/aromatic N) is 2. The van der Waals surface area contributed by atoms with Crippen LogP contribution in [0.3, 0.4) is 0 Å². The van der Waals surface area contributed by atoms with Crippen LogP contribution >= 0.6 is 0 Å². The van der Waals surface area contributed by atoms with E-state index in [0.29, 0.717) is 44.4 Å². The second kappa shape index (κ2) is 9.12. The van der Waals surface area contributed by atoms with E-state index in [0.717, 1.165) is 5.56 Å². The molecule has 1 aliphatic rings. The molecule has 140 valence electrons. The molecule has 25 heavy (non-hydrogen) atoms. The molecular weight excluding hydrogens is 347 g/mol. The lowest BCUT2D eigenvalue weighted by Gasteiger charge is -2.26. The van der Waals surface area contributed by atoms with Gasteiger partial charge in [0.15, 0.2) is 5.96 Å². The van der Waals surface area contributed by atoms with Gasteiger partial charge in [-0.05, 0) is 24.1 Å². The first kappa shape index (κ1) is 19.6. The van der Waals surface area contributed by atoms with Gasteiger partial charge in [0.25, 0.3) is 0 Å². The van der Waals surface area contributed by atoms with Crippen molar-refractivity contribution in [2.75, 3.05) is 45.6 Å². The Morgan fingerprint density at radius 1 is 1.32 bits per heavy atom. The van der Waals surface area contributed by atoms with Crippen LogP contribution < -0.4 is 10.6 Å². The zero-order valence-electron chi connectivity index (χ0n) is 14.6. The zero-order valence-corrected chi connectivity index (χ0v) is 15.4. The number of halogens is 1. The summed E-state index contributed by atoms with van der Waals surface area (Å²) in [5.41, 5.74) is 1.50. The van der Waals surface area contributed by atoms with Crippen molar-refractivity contribution in [2.45, 2.75) is 13.5 Å². The lowest BCUT2D eigenvalue weighted by molar-refractivity contribution is 0.0730. The summed E-state index contributed by atoms with van der Waals surface area (Å²) in [6, 6.07) is 4.89. The second-order valence-electron chi connectivity index (χ2n) is 5.76. The van der Waals surface area contributed by atoms with Gasteiger partial charge in [0.05, 0.1) is 19.0 Å². The Labute approximate surface area is 148 Å². The van der Waals surface area contributed by atoms with Gasteiger partial charge in [-0.1, -0.05) is 12.1 Å². The highest BCUT2D eigenvalue weighted by molar-refractivity contribution is 7.89. The Kier molecular flexibility index (Phi) is 7.15. The highest BCUT2D eigenvalue weighted by Gasteiger charge is 2.23. The van der Waals surface area contributed by atoms with Crippen molar-refractivity contribution in [1.82, 2.24) is 14.9 Å². The molecule has 2 N–H and O–H groups in total. The highest BCUT2D eigenvalue weighted by atomic mass is 32.2. The number of nitrogens with one attached hydrogen (secondary N) is 2. The van der Waals surface area contributed by atoms with Crippen LogP contribution in [0.4, 0.5) is 4.39 Å². The lowest BCUT2D eigenvalue weighted by atomic mass is 10.1. The number of guanidine groups is 1. The first-order chi connectivity index (χ1) is 11.9. The average molecular weight is 372 g/mol. The Morgan fingerprint density at radius 3 is 2.68 bits per heavy atom. The van der Waals surface area contributed by atoms with Crippen molar-refractivity contribution < 1.29 is 17.5 Å². The molecule has 1 aliphatic heterocycles. The molecule has 7 nitrogen and oxygen atoms in total. The molecule has 0 amide bonds. The molecule has 1 fully saturated rings. The van der Waals surface area contributed by atoms with Crippen LogP contribution in [0, 0.1) is 12.7 Å². The predicted octanol–water partition coefficient (Wildman–Crippen LogP) is 0.461. The molecule has 1 aromatic rings. The number of ether oxygens (including phenoxy) is 1. The minimum absolute atomic E-state index is 0.0106. The number of morpholine rings is 1. The van der Waals surface area contributed by atoms with Gasteiger partial charge in [-0.25, -0.2) is 12.8 Å². The van der Waals surface area contributed by atoms with E-state index in [1.165, 1.54) is 10.4 Å². The minimum atomic E-state index is -3.30. The summed E-state index contributed by atoms with van der Waals surface area (Å²) in [5, 5.41) is 6.07. The maximum absolute atomic E-state index is 13.3. The number of benzene rings is 1. The van der Waals surface area contributed by atoms with Crippen LogP contribution in [0.2, 0.25) is 0 Å². The molecule has 9 heteroatoms. The number of aliphatic imine (C=N–C) groups is 1. The fraction of sp³-hybridized carbons (Fsp3) is 0.562. The molecule has 0 spiro atoms. The summed E-state index contributed by atoms with van der Waals surface area (Å²) < 4.78 is 44.4. The van der Waals surface area contributed by atoms with Crippen molar-refractivity contribution in [2.24, 2.45) is 4.99 Å². The summed E-state index contributed by atoms with van der Waals surface area (Å²) >= 11 is 0. The zero-order chi connectivity index (χ0) is 18.3. The van der Waals surface area contributed by atoms with Gasteiger partial charge in [-0.3, -0.25) is 4.99 Å². The molecule has 0 bridgehead atoms. The molecule has 1 heterocycles. The number of hydrogen-bond acceptors (Lipinski definition) is 4. The third-order valence-electron chi connectivity index (χ3n) is 3.92. The van der Waals surface area contributed by atoms with Gasteiger partial charge in [-0.15, -0.1) is 0 Å². The fourth-order valence-corrected chi connectivity index (χ4v) is 3.80. The summed E-state index contributed by atoms with van der Waals surface area (Å²) in [7, 11) is -1.69. The number of rotatable bonds is 6. The van der Waals surface area contributed by atoms with E-state index in [2.05, 4.69) is 15.6 Å². The van der Waals surface area contributed by atoms with Crippen LogP contribution in [-0.4, -0.2) is 64.3 Å². The van der Waals surface area contributed by atoms with E-state index in [-0.39, 0.29) is 18.1 Å². The van der Waals surface area contributed by atoms with Crippen molar-refractivity contribution in [1.29, 1.82) is 0 Å². The molecule has 0 aromatic heterocycles. The van der Waals surface area contributed by atoms with Gasteiger partial charge in [0.2, 0.25) is 10.0 Å². The third-order valence-corrected chi connectivity index (χ3v) is 5.79. The molecule has 0 saturated carbocycles. The second-order valence-corrected chi connectivity index (χ2v) is 7.85. The maximum atomic E-state index is 13.3. The Morgan fingerprint density at radius 2 is 2.04 bits per heavy atom. The molecule has 0 atom stereocenters. The molecule has 0 unspecified atom stereocenters. The van der Waals surface area contributed by atoms with Crippen molar-refractivity contribution >= 4 is 16.0 Å². The van der Waals surface area contributed by atoms with Crippen LogP contribution in [0.1, 0.15) is 11.1 Å². The molecular formula is C16H25FN4O3S. The average Bonchev–Trinajstić information content (AvgIpc) is 2.61. The fourth-order valence-electron chi connectivity index (χ4n) is 2.48. The number of hydrogen-bond donors (Lipinski definition) is 2. The summed E-state index contributed by atoms with van der Waals surface area (Å²) in [5.74, 6) is 0.252. The first-order valence-corrected chi connectivity index (χ1v) is 9.78. The normalized spacial score (nSPS) is 16.7. The van der Waals surface area contributed by atoms with Gasteiger partial charge in [-0.2, -0.15) is 4.31 Å². The molecule has 1 aromatic carbocycles. The highest BCUT2D eigenvalue weighted by Crippen LogP contribution is 2.09. The van der Waals surface area contributed by atoms with E-state index in [9.17, 15) is 12.8 Å². The Hall–Kier alpha value is -1.71. The van der Waals surface area contributed by atoms with Gasteiger partial charge in [0, 0.05) is 33.2 Å². The van der Waals surface area contributed by atoms with Crippen LogP contribution in [0.25, 0.3) is 0 Å². The minimum Gasteiger partial charge on any atom is -0.379 e. The van der Waals surface area contributed by atoms with Crippen LogP contribution in [-0.2, 0) is 21.3 Å². The SMILES string of the molecule is CN=C(NCCS(=O)(=O)N1CCOCC1)NCc1ccc(F)c(C)c1. The largest absolute Gasteiger partial charge is 0.379 e. The number of sulfonamides is 1. The molecule has 0 aliphatic carbocycles. The van der Waals surface area contributed by atoms with Gasteiger partial charge < -0.3 is 15.4 Å². The quantitative estimate of drug-likeness (QED) is 0.560. The van der Waals surface area contributed by atoms with Crippen LogP contribution in [0.15, 0.2) is 23.2 Å². The molecule has 2 rings (SSSR count). The van der Waals surface area contributed by atoms with E-state index >= 15 is 0 Å². The van der Waals surface area contributed by atoms with Crippen molar-refractivity contribution in [3.05, 3.63) is 35.1 Å². The van der Waals surface area contributed by atoms with E-state index < -0.39 is 10.0 Å². The maximum Gasteiger partial charge on any atom is 0.215 e. The Balaban J connectivity index is 1.79. The number of aryl methyl sites for hydroxylation is 1. The van der Waals surface area contributed by atoms with Crippen molar-refractivity contribution in [3.63, 3.8) is 0 Å². The topological polar surface area (TPSA) is 83.0 Å². The predicted molar refractivity (Wildman–Crippen MR) is 95.5 cm³/mol.